The number of rotatable bonds is 3. The van der Waals surface area contributed by atoms with Gasteiger partial charge in [0.25, 0.3) is 5.91 Å². The number of carbonyl (C=O) groups excluding carboxylic acids is 1. The van der Waals surface area contributed by atoms with Gasteiger partial charge >= 0.3 is 0 Å². The smallest absolute Gasteiger partial charge is 0.252 e. The molecule has 3 N–H and O–H groups in total. The third kappa shape index (κ3) is 2.21. The second-order valence-electron chi connectivity index (χ2n) is 5.53. The number of nitrogens with one attached hydrogen (secondary N) is 1. The Hall–Kier alpha value is -2.11. The Morgan fingerprint density at radius 3 is 2.95 bits per heavy atom. The second-order valence-corrected chi connectivity index (χ2v) is 5.53. The summed E-state index contributed by atoms with van der Waals surface area (Å²) in [5, 5.41) is 7.66. The van der Waals surface area contributed by atoms with E-state index in [1.54, 1.807) is 17.0 Å². The lowest BCUT2D eigenvalue weighted by atomic mass is 9.85. The molecule has 1 amide bonds. The summed E-state index contributed by atoms with van der Waals surface area (Å²) < 4.78 is 1.66. The molecule has 2 unspecified atom stereocenters. The van der Waals surface area contributed by atoms with E-state index in [4.69, 9.17) is 5.73 Å². The monoisotopic (exact) mass is 273 g/mol. The summed E-state index contributed by atoms with van der Waals surface area (Å²) in [7, 11) is 0. The number of anilines is 1. The third-order valence-electron chi connectivity index (χ3n) is 4.16. The number of fused-ring (bicyclic) bond motifs is 1. The van der Waals surface area contributed by atoms with Crippen molar-refractivity contribution in [2.24, 2.45) is 11.7 Å². The van der Waals surface area contributed by atoms with Crippen molar-refractivity contribution in [3.8, 4) is 0 Å². The highest BCUT2D eigenvalue weighted by Crippen LogP contribution is 2.29. The highest BCUT2D eigenvalue weighted by atomic mass is 16.1. The summed E-state index contributed by atoms with van der Waals surface area (Å²) in [5.41, 5.74) is 7.44. The normalized spacial score (nSPS) is 22.9. The Balaban J connectivity index is 2.01. The maximum atomic E-state index is 11.6. The van der Waals surface area contributed by atoms with Crippen LogP contribution in [-0.4, -0.2) is 26.5 Å². The Kier molecular flexibility index (Phi) is 3.30. The first-order chi connectivity index (χ1) is 9.66. The molecule has 2 atom stereocenters. The molecule has 2 heterocycles. The van der Waals surface area contributed by atoms with E-state index in [-0.39, 0.29) is 0 Å². The molecule has 106 valence electrons. The zero-order valence-electron chi connectivity index (χ0n) is 11.5. The first-order valence-electron chi connectivity index (χ1n) is 7.04. The number of carbonyl (C=O) groups is 1. The summed E-state index contributed by atoms with van der Waals surface area (Å²) in [4.78, 5) is 15.7. The van der Waals surface area contributed by atoms with E-state index in [1.165, 1.54) is 25.5 Å². The number of nitrogens with zero attached hydrogens (tertiary/aromatic N) is 3. The highest BCUT2D eigenvalue weighted by molar-refractivity contribution is 6.01. The Bertz CT molecular complexity index is 636. The van der Waals surface area contributed by atoms with E-state index in [0.29, 0.717) is 17.5 Å². The predicted octanol–water partition coefficient (Wildman–Crippen LogP) is 1.82. The number of hydrogen-bond acceptors (Lipinski definition) is 4. The fraction of sp³-hybridized carbons (Fsp3) is 0.500. The molecule has 1 aliphatic carbocycles. The van der Waals surface area contributed by atoms with Crippen LogP contribution in [0.15, 0.2) is 18.7 Å². The first-order valence-corrected chi connectivity index (χ1v) is 7.04. The summed E-state index contributed by atoms with van der Waals surface area (Å²) in [6.07, 6.45) is 9.65. The minimum Gasteiger partial charge on any atom is -0.380 e. The van der Waals surface area contributed by atoms with E-state index in [0.717, 1.165) is 17.6 Å². The lowest BCUT2D eigenvalue weighted by molar-refractivity contribution is 0.100. The number of aromatic nitrogens is 3. The number of nitrogens with two attached hydrogens (primary N) is 1. The molecule has 20 heavy (non-hydrogen) atoms. The number of amides is 1. The van der Waals surface area contributed by atoms with Crippen molar-refractivity contribution in [1.29, 1.82) is 0 Å². The fourth-order valence-electron chi connectivity index (χ4n) is 2.94. The molecule has 0 bridgehead atoms. The van der Waals surface area contributed by atoms with E-state index >= 15 is 0 Å². The van der Waals surface area contributed by atoms with Crippen molar-refractivity contribution in [3.05, 3.63) is 24.3 Å². The molecule has 2 aromatic rings. The molecule has 1 saturated carbocycles. The van der Waals surface area contributed by atoms with Gasteiger partial charge in [0.1, 0.15) is 11.8 Å². The topological polar surface area (TPSA) is 85.3 Å². The van der Waals surface area contributed by atoms with Gasteiger partial charge in [-0.15, -0.1) is 0 Å². The molecule has 1 aliphatic rings. The molecule has 2 aromatic heterocycles. The molecular formula is C14H19N5O. The van der Waals surface area contributed by atoms with E-state index in [1.807, 2.05) is 0 Å². The van der Waals surface area contributed by atoms with Crippen LogP contribution in [0.1, 0.15) is 43.0 Å². The average Bonchev–Trinajstić information content (AvgIpc) is 2.90. The number of primary amides is 1. The summed E-state index contributed by atoms with van der Waals surface area (Å²) in [5.74, 6) is 0.118. The van der Waals surface area contributed by atoms with Gasteiger partial charge < -0.3 is 11.1 Å². The summed E-state index contributed by atoms with van der Waals surface area (Å²) in [6.45, 7) is 2.25. The predicted molar refractivity (Wildman–Crippen MR) is 76.5 cm³/mol. The first kappa shape index (κ1) is 12.9. The lowest BCUT2D eigenvalue weighted by Gasteiger charge is -2.31. The molecule has 1 fully saturated rings. The largest absolute Gasteiger partial charge is 0.380 e. The van der Waals surface area contributed by atoms with Crippen LogP contribution in [0.5, 0.6) is 0 Å². The van der Waals surface area contributed by atoms with Gasteiger partial charge in [0, 0.05) is 6.04 Å². The standard InChI is InChI=1S/C14H19N5O/c1-9-4-2-3-5-11(9)18-13-10(14(15)20)6-17-19-8-16-7-12(13)19/h6-9,11,18H,2-5H2,1H3,(H2,15,20). The Morgan fingerprint density at radius 1 is 1.40 bits per heavy atom. The van der Waals surface area contributed by atoms with E-state index in [2.05, 4.69) is 22.3 Å². The molecular weight excluding hydrogens is 254 g/mol. The van der Waals surface area contributed by atoms with Crippen LogP contribution in [0.3, 0.4) is 0 Å². The van der Waals surface area contributed by atoms with Gasteiger partial charge in [-0.2, -0.15) is 5.10 Å². The van der Waals surface area contributed by atoms with Crippen LogP contribution >= 0.6 is 0 Å². The van der Waals surface area contributed by atoms with Gasteiger partial charge in [0.15, 0.2) is 0 Å². The molecule has 0 saturated heterocycles. The van der Waals surface area contributed by atoms with Crippen molar-refractivity contribution >= 4 is 17.1 Å². The quantitative estimate of drug-likeness (QED) is 0.893. The molecule has 6 nitrogen and oxygen atoms in total. The summed E-state index contributed by atoms with van der Waals surface area (Å²) >= 11 is 0. The molecule has 6 heteroatoms. The maximum Gasteiger partial charge on any atom is 0.252 e. The SMILES string of the molecule is CC1CCCCC1Nc1c(C(N)=O)cnn2cncc12. The molecule has 3 rings (SSSR count). The minimum absolute atomic E-state index is 0.364. The lowest BCUT2D eigenvalue weighted by Crippen LogP contribution is -2.31. The zero-order chi connectivity index (χ0) is 14.1. The summed E-state index contributed by atoms with van der Waals surface area (Å²) in [6, 6.07) is 0.364. The number of imidazole rings is 1. The van der Waals surface area contributed by atoms with Crippen molar-refractivity contribution < 1.29 is 4.79 Å². The molecule has 0 radical (unpaired) electrons. The molecule has 0 spiro atoms. The van der Waals surface area contributed by atoms with Gasteiger partial charge in [0.05, 0.1) is 23.6 Å². The van der Waals surface area contributed by atoms with Gasteiger partial charge in [-0.05, 0) is 18.8 Å². The number of hydrogen-bond donors (Lipinski definition) is 2. The van der Waals surface area contributed by atoms with E-state index in [9.17, 15) is 4.79 Å². The minimum atomic E-state index is -0.466. The van der Waals surface area contributed by atoms with Gasteiger partial charge in [-0.3, -0.25) is 4.79 Å². The van der Waals surface area contributed by atoms with Crippen molar-refractivity contribution in [1.82, 2.24) is 14.6 Å². The van der Waals surface area contributed by atoms with Crippen LogP contribution in [0, 0.1) is 5.92 Å². The third-order valence-corrected chi connectivity index (χ3v) is 4.16. The Morgan fingerprint density at radius 2 is 2.20 bits per heavy atom. The van der Waals surface area contributed by atoms with Crippen LogP contribution in [0.25, 0.3) is 5.52 Å². The van der Waals surface area contributed by atoms with Crippen LogP contribution in [0.2, 0.25) is 0 Å². The molecule has 0 aliphatic heterocycles. The van der Waals surface area contributed by atoms with Gasteiger partial charge in [0.2, 0.25) is 0 Å². The maximum absolute atomic E-state index is 11.6. The fourth-order valence-corrected chi connectivity index (χ4v) is 2.94. The zero-order valence-corrected chi connectivity index (χ0v) is 11.5. The second kappa shape index (κ2) is 5.11. The van der Waals surface area contributed by atoms with Crippen molar-refractivity contribution in [2.75, 3.05) is 5.32 Å². The highest BCUT2D eigenvalue weighted by Gasteiger charge is 2.24. The van der Waals surface area contributed by atoms with E-state index < -0.39 is 5.91 Å². The van der Waals surface area contributed by atoms with Crippen molar-refractivity contribution in [2.45, 2.75) is 38.6 Å². The Labute approximate surface area is 117 Å². The average molecular weight is 273 g/mol. The van der Waals surface area contributed by atoms with Crippen LogP contribution in [-0.2, 0) is 0 Å². The molecule has 0 aromatic carbocycles. The van der Waals surface area contributed by atoms with Gasteiger partial charge in [-0.25, -0.2) is 9.50 Å². The van der Waals surface area contributed by atoms with Crippen LogP contribution in [0.4, 0.5) is 5.69 Å². The van der Waals surface area contributed by atoms with Gasteiger partial charge in [-0.1, -0.05) is 19.8 Å². The van der Waals surface area contributed by atoms with Crippen molar-refractivity contribution in [3.63, 3.8) is 0 Å². The van der Waals surface area contributed by atoms with Crippen LogP contribution < -0.4 is 11.1 Å².